The van der Waals surface area contributed by atoms with Gasteiger partial charge in [-0.15, -0.1) is 0 Å². The van der Waals surface area contributed by atoms with Crippen LogP contribution in [0, 0.1) is 12.3 Å². The molecule has 1 heterocycles. The standard InChI is InChI=1S/C16H24N2OS/c1-11-5-6-12(15(19)17-4)7-14(11)18-13-8-16(2,3)10-20-9-13/h5-7,13,18H,8-10H2,1-4H3,(H,17,19). The van der Waals surface area contributed by atoms with Crippen LogP contribution in [-0.4, -0.2) is 30.5 Å². The van der Waals surface area contributed by atoms with Crippen LogP contribution in [0.25, 0.3) is 0 Å². The molecule has 0 spiro atoms. The molecule has 1 aromatic carbocycles. The van der Waals surface area contributed by atoms with E-state index in [-0.39, 0.29) is 5.91 Å². The highest BCUT2D eigenvalue weighted by molar-refractivity contribution is 7.99. The third-order valence-electron chi connectivity index (χ3n) is 3.70. The molecule has 1 fully saturated rings. The molecule has 1 amide bonds. The van der Waals surface area contributed by atoms with Gasteiger partial charge in [0.1, 0.15) is 0 Å². The number of rotatable bonds is 3. The van der Waals surface area contributed by atoms with Crippen LogP contribution in [0.2, 0.25) is 0 Å². The molecule has 0 saturated carbocycles. The lowest BCUT2D eigenvalue weighted by atomic mass is 9.87. The van der Waals surface area contributed by atoms with E-state index in [1.54, 1.807) is 7.05 Å². The molecule has 2 rings (SSSR count). The Bertz CT molecular complexity index is 499. The first kappa shape index (κ1) is 15.2. The molecule has 1 aliphatic rings. The van der Waals surface area contributed by atoms with Gasteiger partial charge >= 0.3 is 0 Å². The zero-order valence-corrected chi connectivity index (χ0v) is 13.6. The third kappa shape index (κ3) is 3.69. The highest BCUT2D eigenvalue weighted by atomic mass is 32.2. The lowest BCUT2D eigenvalue weighted by Crippen LogP contribution is -2.35. The number of anilines is 1. The lowest BCUT2D eigenvalue weighted by molar-refractivity contribution is 0.0963. The second-order valence-electron chi connectivity index (χ2n) is 6.33. The number of carbonyl (C=O) groups is 1. The van der Waals surface area contributed by atoms with Gasteiger partial charge in [0.25, 0.3) is 5.91 Å². The van der Waals surface area contributed by atoms with E-state index in [4.69, 9.17) is 0 Å². The smallest absolute Gasteiger partial charge is 0.251 e. The molecule has 0 radical (unpaired) electrons. The van der Waals surface area contributed by atoms with E-state index in [1.807, 2.05) is 30.0 Å². The van der Waals surface area contributed by atoms with Crippen molar-refractivity contribution in [3.8, 4) is 0 Å². The van der Waals surface area contributed by atoms with Gasteiger partial charge in [-0.25, -0.2) is 0 Å². The zero-order valence-electron chi connectivity index (χ0n) is 12.7. The number of hydrogen-bond donors (Lipinski definition) is 2. The van der Waals surface area contributed by atoms with Crippen molar-refractivity contribution in [3.63, 3.8) is 0 Å². The Morgan fingerprint density at radius 3 is 2.80 bits per heavy atom. The molecule has 0 bridgehead atoms. The Morgan fingerprint density at radius 1 is 1.40 bits per heavy atom. The second kappa shape index (κ2) is 6.08. The minimum atomic E-state index is -0.0357. The normalized spacial score (nSPS) is 21.3. The molecule has 2 N–H and O–H groups in total. The summed E-state index contributed by atoms with van der Waals surface area (Å²) in [5, 5.41) is 6.30. The second-order valence-corrected chi connectivity index (χ2v) is 7.36. The number of aryl methyl sites for hydroxylation is 1. The predicted molar refractivity (Wildman–Crippen MR) is 87.7 cm³/mol. The minimum absolute atomic E-state index is 0.0357. The maximum absolute atomic E-state index is 11.7. The largest absolute Gasteiger partial charge is 0.381 e. The molecule has 1 atom stereocenters. The highest BCUT2D eigenvalue weighted by Crippen LogP contribution is 2.35. The number of benzene rings is 1. The van der Waals surface area contributed by atoms with Crippen molar-refractivity contribution in [1.82, 2.24) is 5.32 Å². The van der Waals surface area contributed by atoms with Crippen molar-refractivity contribution < 1.29 is 4.79 Å². The Balaban J connectivity index is 2.14. The van der Waals surface area contributed by atoms with E-state index >= 15 is 0 Å². The van der Waals surface area contributed by atoms with Gasteiger partial charge in [0.05, 0.1) is 0 Å². The van der Waals surface area contributed by atoms with Crippen LogP contribution in [-0.2, 0) is 0 Å². The quantitative estimate of drug-likeness (QED) is 0.898. The number of amides is 1. The number of thioether (sulfide) groups is 1. The van der Waals surface area contributed by atoms with E-state index < -0.39 is 0 Å². The highest BCUT2D eigenvalue weighted by Gasteiger charge is 2.28. The first-order valence-electron chi connectivity index (χ1n) is 7.08. The summed E-state index contributed by atoms with van der Waals surface area (Å²) in [6.45, 7) is 6.72. The van der Waals surface area contributed by atoms with Crippen LogP contribution >= 0.6 is 11.8 Å². The first-order chi connectivity index (χ1) is 9.41. The first-order valence-corrected chi connectivity index (χ1v) is 8.24. The summed E-state index contributed by atoms with van der Waals surface area (Å²) < 4.78 is 0. The van der Waals surface area contributed by atoms with Gasteiger partial charge in [-0.2, -0.15) is 11.8 Å². The van der Waals surface area contributed by atoms with Crippen LogP contribution in [0.5, 0.6) is 0 Å². The van der Waals surface area contributed by atoms with E-state index in [2.05, 4.69) is 31.4 Å². The SMILES string of the molecule is CNC(=O)c1ccc(C)c(NC2CSCC(C)(C)C2)c1. The topological polar surface area (TPSA) is 41.1 Å². The fourth-order valence-corrected chi connectivity index (χ4v) is 3.91. The molecular weight excluding hydrogens is 268 g/mol. The van der Waals surface area contributed by atoms with Gasteiger partial charge in [0.2, 0.25) is 0 Å². The molecule has 1 aromatic rings. The van der Waals surface area contributed by atoms with Gasteiger partial charge in [-0.05, 0) is 42.2 Å². The summed E-state index contributed by atoms with van der Waals surface area (Å²) in [6.07, 6.45) is 1.17. The monoisotopic (exact) mass is 292 g/mol. The maximum Gasteiger partial charge on any atom is 0.251 e. The lowest BCUT2D eigenvalue weighted by Gasteiger charge is -2.36. The van der Waals surface area contributed by atoms with Crippen molar-refractivity contribution in [3.05, 3.63) is 29.3 Å². The Hall–Kier alpha value is -1.16. The van der Waals surface area contributed by atoms with Gasteiger partial charge in [0, 0.05) is 30.1 Å². The average Bonchev–Trinajstić information content (AvgIpc) is 2.39. The average molecular weight is 292 g/mol. The summed E-state index contributed by atoms with van der Waals surface area (Å²) in [4.78, 5) is 11.7. The van der Waals surface area contributed by atoms with Gasteiger partial charge < -0.3 is 10.6 Å². The molecule has 20 heavy (non-hydrogen) atoms. The van der Waals surface area contributed by atoms with Gasteiger partial charge in [-0.3, -0.25) is 4.79 Å². The van der Waals surface area contributed by atoms with Gasteiger partial charge in [0.15, 0.2) is 0 Å². The fourth-order valence-electron chi connectivity index (χ4n) is 2.64. The molecular formula is C16H24N2OS. The number of hydrogen-bond acceptors (Lipinski definition) is 3. The van der Waals surface area contributed by atoms with Crippen molar-refractivity contribution in [2.75, 3.05) is 23.9 Å². The van der Waals surface area contributed by atoms with E-state index in [1.165, 1.54) is 17.7 Å². The van der Waals surface area contributed by atoms with Crippen LogP contribution in [0.15, 0.2) is 18.2 Å². The van der Waals surface area contributed by atoms with Crippen LogP contribution in [0.1, 0.15) is 36.2 Å². The molecule has 3 nitrogen and oxygen atoms in total. The summed E-state index contributed by atoms with van der Waals surface area (Å²) in [5.41, 5.74) is 3.36. The van der Waals surface area contributed by atoms with E-state index in [9.17, 15) is 4.79 Å². The van der Waals surface area contributed by atoms with Crippen LogP contribution in [0.4, 0.5) is 5.69 Å². The van der Waals surface area contributed by atoms with Crippen molar-refractivity contribution in [1.29, 1.82) is 0 Å². The summed E-state index contributed by atoms with van der Waals surface area (Å²) in [7, 11) is 1.66. The molecule has 110 valence electrons. The fraction of sp³-hybridized carbons (Fsp3) is 0.562. The van der Waals surface area contributed by atoms with Gasteiger partial charge in [-0.1, -0.05) is 19.9 Å². The molecule has 1 unspecified atom stereocenters. The molecule has 0 aliphatic carbocycles. The van der Waals surface area contributed by atoms with Crippen LogP contribution in [0.3, 0.4) is 0 Å². The molecule has 4 heteroatoms. The molecule has 1 saturated heterocycles. The van der Waals surface area contributed by atoms with Crippen LogP contribution < -0.4 is 10.6 Å². The third-order valence-corrected chi connectivity index (χ3v) is 5.32. The Labute approximate surface area is 125 Å². The number of carbonyl (C=O) groups excluding carboxylic acids is 1. The van der Waals surface area contributed by atoms with E-state index in [0.29, 0.717) is 17.0 Å². The number of nitrogens with one attached hydrogen (secondary N) is 2. The predicted octanol–water partition coefficient (Wildman–Crippen LogP) is 3.30. The minimum Gasteiger partial charge on any atom is -0.381 e. The summed E-state index contributed by atoms with van der Waals surface area (Å²) in [6, 6.07) is 6.32. The van der Waals surface area contributed by atoms with Crippen molar-refractivity contribution in [2.45, 2.75) is 33.2 Å². The Kier molecular flexibility index (Phi) is 4.63. The van der Waals surface area contributed by atoms with Crippen molar-refractivity contribution >= 4 is 23.4 Å². The summed E-state index contributed by atoms with van der Waals surface area (Å²) >= 11 is 2.01. The molecule has 0 aromatic heterocycles. The Morgan fingerprint density at radius 2 is 2.15 bits per heavy atom. The van der Waals surface area contributed by atoms with E-state index in [0.717, 1.165) is 11.4 Å². The summed E-state index contributed by atoms with van der Waals surface area (Å²) in [5.74, 6) is 2.32. The zero-order chi connectivity index (χ0) is 14.8. The molecule has 1 aliphatic heterocycles. The van der Waals surface area contributed by atoms with Crippen molar-refractivity contribution in [2.24, 2.45) is 5.41 Å². The maximum atomic E-state index is 11.7.